The molecule has 0 aliphatic carbocycles. The molecule has 0 radical (unpaired) electrons. The molecule has 1 aromatic carbocycles. The normalized spacial score (nSPS) is 21.8. The molecule has 2 saturated heterocycles. The van der Waals surface area contributed by atoms with Gasteiger partial charge in [0.05, 0.1) is 30.0 Å². The number of carbonyl (C=O) groups is 1. The lowest BCUT2D eigenvalue weighted by Crippen LogP contribution is -2.44. The number of pyridine rings is 1. The molecule has 132 valence electrons. The number of piperidine rings is 1. The Hall–Kier alpha value is -1.98. The maximum absolute atomic E-state index is 13.1. The van der Waals surface area contributed by atoms with Gasteiger partial charge in [-0.3, -0.25) is 9.78 Å². The molecule has 0 bridgehead atoms. The molecule has 5 heteroatoms. The summed E-state index contributed by atoms with van der Waals surface area (Å²) in [4.78, 5) is 19.7. The molecule has 1 amide bonds. The van der Waals surface area contributed by atoms with Crippen LogP contribution in [0.3, 0.4) is 0 Å². The fourth-order valence-electron chi connectivity index (χ4n) is 3.84. The number of carbonyl (C=O) groups excluding carboxylic acids is 1. The van der Waals surface area contributed by atoms with Crippen molar-refractivity contribution in [1.82, 2.24) is 9.88 Å². The van der Waals surface area contributed by atoms with E-state index in [9.17, 15) is 4.79 Å². The topological polar surface area (TPSA) is 51.7 Å². The first-order valence-corrected chi connectivity index (χ1v) is 9.02. The summed E-state index contributed by atoms with van der Waals surface area (Å²) in [5.74, 6) is 0.326. The van der Waals surface area contributed by atoms with E-state index in [0.29, 0.717) is 25.3 Å². The van der Waals surface area contributed by atoms with Gasteiger partial charge in [-0.15, -0.1) is 0 Å². The molecule has 2 aliphatic heterocycles. The van der Waals surface area contributed by atoms with Crippen molar-refractivity contribution in [2.45, 2.75) is 33.0 Å². The van der Waals surface area contributed by atoms with E-state index in [1.54, 1.807) is 0 Å². The minimum Gasteiger partial charge on any atom is -0.350 e. The number of nitrogens with zero attached hydrogens (tertiary/aromatic N) is 2. The number of amides is 1. The fourth-order valence-corrected chi connectivity index (χ4v) is 3.84. The Bertz CT molecular complexity index is 799. The van der Waals surface area contributed by atoms with Gasteiger partial charge in [0.2, 0.25) is 0 Å². The zero-order valence-electron chi connectivity index (χ0n) is 14.8. The minimum absolute atomic E-state index is 0.0658. The number of aryl methyl sites for hydroxylation is 2. The third kappa shape index (κ3) is 3.26. The molecule has 0 saturated carbocycles. The molecular formula is C20H24N2O3. The number of aromatic nitrogens is 1. The van der Waals surface area contributed by atoms with Crippen molar-refractivity contribution >= 4 is 16.8 Å². The van der Waals surface area contributed by atoms with Crippen LogP contribution in [0.25, 0.3) is 10.9 Å². The maximum atomic E-state index is 13.1. The Morgan fingerprint density at radius 2 is 2.00 bits per heavy atom. The van der Waals surface area contributed by atoms with Crippen LogP contribution in [-0.2, 0) is 9.47 Å². The summed E-state index contributed by atoms with van der Waals surface area (Å²) < 4.78 is 11.3. The highest BCUT2D eigenvalue weighted by atomic mass is 16.7. The number of fused-ring (bicyclic) bond motifs is 1. The van der Waals surface area contributed by atoms with E-state index in [1.807, 2.05) is 30.0 Å². The predicted molar refractivity (Wildman–Crippen MR) is 95.5 cm³/mol. The highest BCUT2D eigenvalue weighted by Crippen LogP contribution is 2.27. The molecule has 1 atom stereocenters. The molecule has 3 heterocycles. The van der Waals surface area contributed by atoms with Gasteiger partial charge in [0.15, 0.2) is 6.29 Å². The summed E-state index contributed by atoms with van der Waals surface area (Å²) >= 11 is 0. The Balaban J connectivity index is 1.59. The van der Waals surface area contributed by atoms with Crippen molar-refractivity contribution in [2.24, 2.45) is 5.92 Å². The lowest BCUT2D eigenvalue weighted by molar-refractivity contribution is -0.0969. The van der Waals surface area contributed by atoms with Gasteiger partial charge in [-0.2, -0.15) is 0 Å². The zero-order valence-corrected chi connectivity index (χ0v) is 14.8. The average molecular weight is 340 g/mol. The standard InChI is InChI=1S/C20H24N2O3/c1-13-5-6-18-16(10-13)11-17(14(2)21-18)19(23)22-7-3-4-15(12-22)20-24-8-9-25-20/h5-6,10-11,15,20H,3-4,7-9,12H2,1-2H3/t15-/m0/s1. The van der Waals surface area contributed by atoms with Gasteiger partial charge in [-0.05, 0) is 44.9 Å². The van der Waals surface area contributed by atoms with E-state index in [4.69, 9.17) is 9.47 Å². The highest BCUT2D eigenvalue weighted by Gasteiger charge is 2.33. The summed E-state index contributed by atoms with van der Waals surface area (Å²) in [5, 5.41) is 1.02. The third-order valence-electron chi connectivity index (χ3n) is 5.17. The number of hydrogen-bond donors (Lipinski definition) is 0. The number of rotatable bonds is 2. The fraction of sp³-hybridized carbons (Fsp3) is 0.500. The van der Waals surface area contributed by atoms with E-state index in [2.05, 4.69) is 18.0 Å². The number of benzene rings is 1. The molecule has 4 rings (SSSR count). The van der Waals surface area contributed by atoms with Gasteiger partial charge >= 0.3 is 0 Å². The van der Waals surface area contributed by atoms with Crippen LogP contribution in [0.2, 0.25) is 0 Å². The van der Waals surface area contributed by atoms with Crippen molar-refractivity contribution < 1.29 is 14.3 Å². The summed E-state index contributed by atoms with van der Waals surface area (Å²) in [6, 6.07) is 8.13. The minimum atomic E-state index is -0.158. The van der Waals surface area contributed by atoms with Crippen molar-refractivity contribution in [3.8, 4) is 0 Å². The maximum Gasteiger partial charge on any atom is 0.255 e. The summed E-state index contributed by atoms with van der Waals surface area (Å²) in [6.07, 6.45) is 1.87. The lowest BCUT2D eigenvalue weighted by Gasteiger charge is -2.35. The lowest BCUT2D eigenvalue weighted by atomic mass is 9.96. The zero-order chi connectivity index (χ0) is 17.4. The molecular weight excluding hydrogens is 316 g/mol. The molecule has 5 nitrogen and oxygen atoms in total. The molecule has 0 N–H and O–H groups in total. The van der Waals surface area contributed by atoms with E-state index in [-0.39, 0.29) is 18.1 Å². The van der Waals surface area contributed by atoms with E-state index in [1.165, 1.54) is 5.56 Å². The molecule has 2 fully saturated rings. The SMILES string of the molecule is Cc1ccc2nc(C)c(C(=O)N3CCC[C@H](C4OCCO4)C3)cc2c1. The van der Waals surface area contributed by atoms with Gasteiger partial charge in [-0.25, -0.2) is 0 Å². The number of likely N-dealkylation sites (tertiary alicyclic amines) is 1. The summed E-state index contributed by atoms with van der Waals surface area (Å²) in [5.41, 5.74) is 3.60. The van der Waals surface area contributed by atoms with E-state index >= 15 is 0 Å². The number of hydrogen-bond acceptors (Lipinski definition) is 4. The quantitative estimate of drug-likeness (QED) is 0.843. The Labute approximate surface area is 147 Å². The first-order valence-electron chi connectivity index (χ1n) is 9.02. The summed E-state index contributed by atoms with van der Waals surface area (Å²) in [6.45, 7) is 6.75. The van der Waals surface area contributed by atoms with Crippen molar-refractivity contribution in [3.63, 3.8) is 0 Å². The van der Waals surface area contributed by atoms with Gasteiger partial charge in [0.25, 0.3) is 5.91 Å². The van der Waals surface area contributed by atoms with Crippen LogP contribution in [0.5, 0.6) is 0 Å². The van der Waals surface area contributed by atoms with Gasteiger partial charge in [0.1, 0.15) is 0 Å². The predicted octanol–water partition coefficient (Wildman–Crippen LogP) is 3.08. The Morgan fingerprint density at radius 1 is 1.20 bits per heavy atom. The van der Waals surface area contributed by atoms with Crippen LogP contribution in [0.1, 0.15) is 34.5 Å². The Kier molecular flexibility index (Phi) is 4.44. The van der Waals surface area contributed by atoms with Crippen LogP contribution in [0.15, 0.2) is 24.3 Å². The molecule has 1 aromatic heterocycles. The first kappa shape index (κ1) is 16.5. The third-order valence-corrected chi connectivity index (χ3v) is 5.17. The molecule has 0 unspecified atom stereocenters. The largest absolute Gasteiger partial charge is 0.350 e. The van der Waals surface area contributed by atoms with Crippen LogP contribution in [0, 0.1) is 19.8 Å². The van der Waals surface area contributed by atoms with Gasteiger partial charge in [0, 0.05) is 24.4 Å². The molecule has 25 heavy (non-hydrogen) atoms. The van der Waals surface area contributed by atoms with Crippen molar-refractivity contribution in [1.29, 1.82) is 0 Å². The van der Waals surface area contributed by atoms with Gasteiger partial charge < -0.3 is 14.4 Å². The van der Waals surface area contributed by atoms with Gasteiger partial charge in [-0.1, -0.05) is 11.6 Å². The smallest absolute Gasteiger partial charge is 0.255 e. The second kappa shape index (κ2) is 6.73. The molecule has 0 spiro atoms. The summed E-state index contributed by atoms with van der Waals surface area (Å²) in [7, 11) is 0. The average Bonchev–Trinajstić information content (AvgIpc) is 3.16. The highest BCUT2D eigenvalue weighted by molar-refractivity contribution is 5.98. The monoisotopic (exact) mass is 340 g/mol. The van der Waals surface area contributed by atoms with Crippen LogP contribution in [-0.4, -0.2) is 48.4 Å². The molecule has 2 aliphatic rings. The second-order valence-electron chi connectivity index (χ2n) is 7.08. The second-order valence-corrected chi connectivity index (χ2v) is 7.08. The van der Waals surface area contributed by atoms with Crippen molar-refractivity contribution in [2.75, 3.05) is 26.3 Å². The van der Waals surface area contributed by atoms with E-state index < -0.39 is 0 Å². The van der Waals surface area contributed by atoms with Crippen LogP contribution in [0.4, 0.5) is 0 Å². The van der Waals surface area contributed by atoms with E-state index in [0.717, 1.165) is 36.0 Å². The Morgan fingerprint density at radius 3 is 2.80 bits per heavy atom. The van der Waals surface area contributed by atoms with Crippen LogP contribution >= 0.6 is 0 Å². The van der Waals surface area contributed by atoms with Crippen molar-refractivity contribution in [3.05, 3.63) is 41.1 Å². The molecule has 2 aromatic rings. The van der Waals surface area contributed by atoms with Crippen LogP contribution < -0.4 is 0 Å². The number of ether oxygens (including phenoxy) is 2. The first-order chi connectivity index (χ1) is 12.1.